The molecular weight excluding hydrogens is 468 g/mol. The number of thioether (sulfide) groups is 1. The van der Waals surface area contributed by atoms with Crippen LogP contribution in [0.5, 0.6) is 0 Å². The van der Waals surface area contributed by atoms with Crippen molar-refractivity contribution < 1.29 is 4.79 Å². The fourth-order valence-electron chi connectivity index (χ4n) is 3.75. The van der Waals surface area contributed by atoms with Crippen molar-refractivity contribution in [1.29, 1.82) is 0 Å². The largest absolute Gasteiger partial charge is 0.272 e. The fraction of sp³-hybridized carbons (Fsp3) is 0.0345. The van der Waals surface area contributed by atoms with Gasteiger partial charge >= 0.3 is 0 Å². The van der Waals surface area contributed by atoms with Gasteiger partial charge in [0.05, 0.1) is 28.6 Å². The number of aromatic nitrogens is 2. The van der Waals surface area contributed by atoms with Gasteiger partial charge in [-0.3, -0.25) is 14.2 Å². The number of amides is 1. The smallest absolute Gasteiger partial charge is 0.266 e. The van der Waals surface area contributed by atoms with E-state index in [4.69, 9.17) is 0 Å². The van der Waals surface area contributed by atoms with Crippen molar-refractivity contribution in [3.8, 4) is 16.8 Å². The molecule has 0 unspecified atom stereocenters. The van der Waals surface area contributed by atoms with Crippen LogP contribution in [0, 0.1) is 0 Å². The first-order chi connectivity index (χ1) is 17.7. The maximum atomic E-state index is 13.2. The number of carbonyl (C=O) groups excluding carboxylic acids is 1. The number of rotatable bonds is 7. The van der Waals surface area contributed by atoms with Crippen LogP contribution in [0.25, 0.3) is 27.7 Å². The first kappa shape index (κ1) is 23.3. The number of hydrazone groups is 1. The number of hydrogen-bond donors (Lipinski definition) is 1. The quantitative estimate of drug-likeness (QED) is 0.145. The van der Waals surface area contributed by atoms with E-state index in [0.29, 0.717) is 21.7 Å². The van der Waals surface area contributed by atoms with E-state index in [1.807, 2.05) is 84.9 Å². The Balaban J connectivity index is 1.27. The van der Waals surface area contributed by atoms with E-state index in [0.717, 1.165) is 16.7 Å². The summed E-state index contributed by atoms with van der Waals surface area (Å²) < 4.78 is 1.54. The summed E-state index contributed by atoms with van der Waals surface area (Å²) in [5.74, 6) is -0.235. The molecule has 1 aromatic heterocycles. The molecule has 0 saturated carbocycles. The van der Waals surface area contributed by atoms with Crippen molar-refractivity contribution >= 4 is 34.8 Å². The summed E-state index contributed by atoms with van der Waals surface area (Å²) in [6.07, 6.45) is 1.60. The lowest BCUT2D eigenvalue weighted by Gasteiger charge is -2.12. The molecule has 0 spiro atoms. The van der Waals surface area contributed by atoms with E-state index < -0.39 is 0 Å². The Bertz CT molecular complexity index is 1580. The lowest BCUT2D eigenvalue weighted by molar-refractivity contribution is -0.118. The predicted octanol–water partition coefficient (Wildman–Crippen LogP) is 5.30. The van der Waals surface area contributed by atoms with E-state index in [1.54, 1.807) is 18.3 Å². The maximum Gasteiger partial charge on any atom is 0.266 e. The molecule has 0 saturated heterocycles. The van der Waals surface area contributed by atoms with Gasteiger partial charge in [0, 0.05) is 0 Å². The van der Waals surface area contributed by atoms with Crippen molar-refractivity contribution in [3.05, 3.63) is 125 Å². The normalized spacial score (nSPS) is 11.1. The highest BCUT2D eigenvalue weighted by Gasteiger charge is 2.14. The molecule has 0 aliphatic heterocycles. The second-order valence-electron chi connectivity index (χ2n) is 7.96. The lowest BCUT2D eigenvalue weighted by Crippen LogP contribution is -2.24. The van der Waals surface area contributed by atoms with Crippen LogP contribution in [-0.2, 0) is 4.79 Å². The predicted molar refractivity (Wildman–Crippen MR) is 146 cm³/mol. The molecule has 176 valence electrons. The minimum atomic E-state index is -0.292. The monoisotopic (exact) mass is 490 g/mol. The molecule has 4 aromatic carbocycles. The van der Waals surface area contributed by atoms with Gasteiger partial charge in [0.25, 0.3) is 11.5 Å². The Morgan fingerprint density at radius 2 is 1.47 bits per heavy atom. The average molecular weight is 491 g/mol. The van der Waals surface area contributed by atoms with E-state index in [-0.39, 0.29) is 17.2 Å². The summed E-state index contributed by atoms with van der Waals surface area (Å²) in [4.78, 5) is 30.4. The van der Waals surface area contributed by atoms with Gasteiger partial charge < -0.3 is 0 Å². The van der Waals surface area contributed by atoms with Crippen LogP contribution >= 0.6 is 11.8 Å². The minimum absolute atomic E-state index is 0.0574. The van der Waals surface area contributed by atoms with Gasteiger partial charge in [0.1, 0.15) is 0 Å². The molecule has 0 aliphatic carbocycles. The fourth-order valence-corrected chi connectivity index (χ4v) is 4.55. The maximum absolute atomic E-state index is 13.2. The van der Waals surface area contributed by atoms with Gasteiger partial charge in [-0.1, -0.05) is 96.7 Å². The zero-order valence-corrected chi connectivity index (χ0v) is 20.1. The third-order valence-electron chi connectivity index (χ3n) is 5.51. The van der Waals surface area contributed by atoms with Crippen molar-refractivity contribution in [2.24, 2.45) is 5.10 Å². The summed E-state index contributed by atoms with van der Waals surface area (Å²) >= 11 is 1.19. The number of nitrogens with zero attached hydrogens (tertiary/aromatic N) is 3. The third kappa shape index (κ3) is 5.26. The Kier molecular flexibility index (Phi) is 7.00. The van der Waals surface area contributed by atoms with Crippen molar-refractivity contribution in [3.63, 3.8) is 0 Å². The van der Waals surface area contributed by atoms with E-state index in [2.05, 4.69) is 27.6 Å². The SMILES string of the molecule is O=C(CSc1nc2ccccc2c(=O)n1-c1ccccc1)N/N=C\c1ccc(-c2ccccc2)cc1. The number of fused-ring (bicyclic) bond motifs is 1. The van der Waals surface area contributed by atoms with Gasteiger partial charge in [-0.15, -0.1) is 0 Å². The highest BCUT2D eigenvalue weighted by molar-refractivity contribution is 7.99. The Hall–Kier alpha value is -4.49. The zero-order valence-electron chi connectivity index (χ0n) is 19.2. The molecule has 5 aromatic rings. The van der Waals surface area contributed by atoms with E-state index in [9.17, 15) is 9.59 Å². The molecule has 1 N–H and O–H groups in total. The summed E-state index contributed by atoms with van der Waals surface area (Å²) in [6.45, 7) is 0. The van der Waals surface area contributed by atoms with Crippen LogP contribution in [-0.4, -0.2) is 27.4 Å². The number of hydrogen-bond acceptors (Lipinski definition) is 5. The van der Waals surface area contributed by atoms with Gasteiger partial charge in [0.15, 0.2) is 5.16 Å². The van der Waals surface area contributed by atoms with E-state index in [1.165, 1.54) is 16.3 Å². The Morgan fingerprint density at radius 3 is 2.22 bits per heavy atom. The summed E-state index contributed by atoms with van der Waals surface area (Å²) in [5, 5.41) is 5.05. The molecule has 36 heavy (non-hydrogen) atoms. The van der Waals surface area contributed by atoms with Crippen LogP contribution in [0.15, 0.2) is 124 Å². The van der Waals surface area contributed by atoms with Crippen molar-refractivity contribution in [1.82, 2.24) is 15.0 Å². The van der Waals surface area contributed by atoms with Gasteiger partial charge in [-0.05, 0) is 41.0 Å². The third-order valence-corrected chi connectivity index (χ3v) is 6.45. The van der Waals surface area contributed by atoms with Crippen LogP contribution in [0.4, 0.5) is 0 Å². The first-order valence-electron chi connectivity index (χ1n) is 11.4. The molecule has 0 atom stereocenters. The molecular formula is C29H22N4O2S. The lowest BCUT2D eigenvalue weighted by atomic mass is 10.0. The average Bonchev–Trinajstić information content (AvgIpc) is 2.93. The molecule has 6 nitrogen and oxygen atoms in total. The molecule has 0 radical (unpaired) electrons. The zero-order chi connectivity index (χ0) is 24.7. The Labute approximate surface area is 212 Å². The van der Waals surface area contributed by atoms with Crippen molar-refractivity contribution in [2.75, 3.05) is 5.75 Å². The molecule has 1 amide bonds. The number of nitrogens with one attached hydrogen (secondary N) is 1. The standard InChI is InChI=1S/C29H22N4O2S/c34-27(32-30-19-21-15-17-23(18-16-21)22-9-3-1-4-10-22)20-36-29-31-26-14-8-7-13-25(26)28(35)33(29)24-11-5-2-6-12-24/h1-19H,20H2,(H,32,34)/b30-19-. The van der Waals surface area contributed by atoms with E-state index >= 15 is 0 Å². The molecule has 7 heteroatoms. The molecule has 0 aliphatic rings. The summed E-state index contributed by atoms with van der Waals surface area (Å²) in [7, 11) is 0. The highest BCUT2D eigenvalue weighted by atomic mass is 32.2. The van der Waals surface area contributed by atoms with Gasteiger partial charge in [0.2, 0.25) is 0 Å². The van der Waals surface area contributed by atoms with Gasteiger partial charge in [-0.25, -0.2) is 10.4 Å². The topological polar surface area (TPSA) is 76.3 Å². The number of benzene rings is 4. The summed E-state index contributed by atoms with van der Waals surface area (Å²) in [5.41, 5.74) is 6.79. The molecule has 1 heterocycles. The second-order valence-corrected chi connectivity index (χ2v) is 8.90. The summed E-state index contributed by atoms with van der Waals surface area (Å²) in [6, 6.07) is 34.5. The van der Waals surface area contributed by atoms with Gasteiger partial charge in [-0.2, -0.15) is 5.10 Å². The van der Waals surface area contributed by atoms with Crippen molar-refractivity contribution in [2.45, 2.75) is 5.16 Å². The molecule has 0 bridgehead atoms. The van der Waals surface area contributed by atoms with Crippen LogP contribution in [0.1, 0.15) is 5.56 Å². The number of para-hydroxylation sites is 2. The second kappa shape index (κ2) is 10.8. The highest BCUT2D eigenvalue weighted by Crippen LogP contribution is 2.21. The first-order valence-corrected chi connectivity index (χ1v) is 12.3. The number of carbonyl (C=O) groups is 1. The molecule has 5 rings (SSSR count). The minimum Gasteiger partial charge on any atom is -0.272 e. The van der Waals surface area contributed by atoms with Crippen LogP contribution in [0.2, 0.25) is 0 Å². The van der Waals surface area contributed by atoms with Crippen LogP contribution in [0.3, 0.4) is 0 Å². The Morgan fingerprint density at radius 1 is 0.833 bits per heavy atom. The van der Waals surface area contributed by atoms with Crippen LogP contribution < -0.4 is 11.0 Å². The molecule has 0 fully saturated rings.